The first kappa shape index (κ1) is 24.1. The van der Waals surface area contributed by atoms with Gasteiger partial charge in [0.25, 0.3) is 5.56 Å². The van der Waals surface area contributed by atoms with E-state index >= 15 is 0 Å². The summed E-state index contributed by atoms with van der Waals surface area (Å²) in [5.41, 5.74) is 0.324. The van der Waals surface area contributed by atoms with Crippen molar-refractivity contribution in [1.29, 1.82) is 5.26 Å². The van der Waals surface area contributed by atoms with Crippen LogP contribution < -0.4 is 10.5 Å². The van der Waals surface area contributed by atoms with Gasteiger partial charge in [-0.1, -0.05) is 42.1 Å². The van der Waals surface area contributed by atoms with Gasteiger partial charge in [-0.2, -0.15) is 5.26 Å². The Morgan fingerprint density at radius 2 is 1.83 bits per heavy atom. The Bertz CT molecular complexity index is 1480. The van der Waals surface area contributed by atoms with E-state index in [2.05, 4.69) is 4.98 Å². The van der Waals surface area contributed by atoms with Crippen molar-refractivity contribution in [3.05, 3.63) is 94.8 Å². The average Bonchev–Trinajstić information content (AvgIpc) is 2.86. The summed E-state index contributed by atoms with van der Waals surface area (Å²) in [6.07, 6.45) is 0.137. The van der Waals surface area contributed by atoms with E-state index < -0.39 is 22.4 Å². The van der Waals surface area contributed by atoms with E-state index in [1.165, 1.54) is 11.0 Å². The zero-order valence-corrected chi connectivity index (χ0v) is 19.5. The number of amides is 1. The summed E-state index contributed by atoms with van der Waals surface area (Å²) < 4.78 is 29.4. The number of rotatable bonds is 7. The SMILES string of the molecule is CC(Sc1nc2ccccc2c(=O)n1-c1ccc(F)cc1F)C(=O)N(CCC#N)c1ccccc1. The lowest BCUT2D eigenvalue weighted by molar-refractivity contribution is -0.117. The minimum Gasteiger partial charge on any atom is -0.310 e. The van der Waals surface area contributed by atoms with Crippen LogP contribution in [-0.4, -0.2) is 27.3 Å². The largest absolute Gasteiger partial charge is 0.310 e. The van der Waals surface area contributed by atoms with Gasteiger partial charge >= 0.3 is 0 Å². The fourth-order valence-electron chi connectivity index (χ4n) is 3.63. The normalized spacial score (nSPS) is 11.7. The van der Waals surface area contributed by atoms with E-state index in [1.54, 1.807) is 55.5 Å². The van der Waals surface area contributed by atoms with E-state index in [4.69, 9.17) is 5.26 Å². The van der Waals surface area contributed by atoms with Crippen LogP contribution in [0.5, 0.6) is 0 Å². The standard InChI is InChI=1S/C26H20F2N4O2S/c1-17(24(33)31(15-7-14-29)19-8-3-2-4-9-19)35-26-30-22-11-6-5-10-20(22)25(34)32(26)23-13-12-18(27)16-21(23)28/h2-6,8-13,16-17H,7,15H2,1H3. The molecule has 4 rings (SSSR count). The Balaban J connectivity index is 1.78. The molecule has 35 heavy (non-hydrogen) atoms. The van der Waals surface area contributed by atoms with Crippen molar-refractivity contribution in [2.75, 3.05) is 11.4 Å². The molecular formula is C26H20F2N4O2S. The van der Waals surface area contributed by atoms with Crippen LogP contribution in [0.4, 0.5) is 14.5 Å². The molecule has 0 aliphatic rings. The third-order valence-electron chi connectivity index (χ3n) is 5.31. The summed E-state index contributed by atoms with van der Waals surface area (Å²) in [5, 5.41) is 8.67. The first-order chi connectivity index (χ1) is 16.9. The molecule has 0 saturated carbocycles. The summed E-state index contributed by atoms with van der Waals surface area (Å²) in [7, 11) is 0. The number of anilines is 1. The topological polar surface area (TPSA) is 79.0 Å². The molecule has 176 valence electrons. The zero-order valence-electron chi connectivity index (χ0n) is 18.7. The highest BCUT2D eigenvalue weighted by atomic mass is 32.2. The molecule has 1 aromatic heterocycles. The molecule has 0 aliphatic heterocycles. The van der Waals surface area contributed by atoms with Crippen molar-refractivity contribution in [3.63, 3.8) is 0 Å². The second kappa shape index (κ2) is 10.5. The molecule has 1 atom stereocenters. The fourth-order valence-corrected chi connectivity index (χ4v) is 4.61. The van der Waals surface area contributed by atoms with E-state index in [0.717, 1.165) is 22.4 Å². The highest BCUT2D eigenvalue weighted by Gasteiger charge is 2.26. The van der Waals surface area contributed by atoms with Gasteiger partial charge < -0.3 is 4.90 Å². The maximum absolute atomic E-state index is 14.7. The molecule has 0 aliphatic carbocycles. The highest BCUT2D eigenvalue weighted by molar-refractivity contribution is 8.00. The van der Waals surface area contributed by atoms with Crippen LogP contribution in [-0.2, 0) is 4.79 Å². The van der Waals surface area contributed by atoms with Gasteiger partial charge in [-0.05, 0) is 43.3 Å². The van der Waals surface area contributed by atoms with Gasteiger partial charge in [-0.25, -0.2) is 13.8 Å². The second-order valence-corrected chi connectivity index (χ2v) is 8.95. The number of carbonyl (C=O) groups is 1. The Hall–Kier alpha value is -4.03. The van der Waals surface area contributed by atoms with Crippen LogP contribution in [0.3, 0.4) is 0 Å². The first-order valence-electron chi connectivity index (χ1n) is 10.8. The molecule has 0 N–H and O–H groups in total. The van der Waals surface area contributed by atoms with Crippen molar-refractivity contribution < 1.29 is 13.6 Å². The predicted octanol–water partition coefficient (Wildman–Crippen LogP) is 5.09. The summed E-state index contributed by atoms with van der Waals surface area (Å²) in [4.78, 5) is 32.8. The molecule has 1 amide bonds. The van der Waals surface area contributed by atoms with Crippen molar-refractivity contribution in [2.45, 2.75) is 23.8 Å². The van der Waals surface area contributed by atoms with Crippen molar-refractivity contribution in [1.82, 2.24) is 9.55 Å². The van der Waals surface area contributed by atoms with E-state index in [0.29, 0.717) is 17.3 Å². The summed E-state index contributed by atoms with van der Waals surface area (Å²) >= 11 is 0.989. The Labute approximate surface area is 204 Å². The molecule has 3 aromatic carbocycles. The number of aromatic nitrogens is 2. The number of halogens is 2. The van der Waals surface area contributed by atoms with Crippen LogP contribution in [0.25, 0.3) is 16.6 Å². The fraction of sp³-hybridized carbons (Fsp3) is 0.154. The first-order valence-corrected chi connectivity index (χ1v) is 11.7. The molecule has 0 saturated heterocycles. The number of para-hydroxylation sites is 2. The van der Waals surface area contributed by atoms with Gasteiger partial charge in [0.15, 0.2) is 5.16 Å². The van der Waals surface area contributed by atoms with Gasteiger partial charge in [0.1, 0.15) is 11.6 Å². The van der Waals surface area contributed by atoms with Crippen molar-refractivity contribution >= 4 is 34.3 Å². The molecule has 0 radical (unpaired) electrons. The maximum Gasteiger partial charge on any atom is 0.266 e. The van der Waals surface area contributed by atoms with Gasteiger partial charge in [0.2, 0.25) is 5.91 Å². The summed E-state index contributed by atoms with van der Waals surface area (Å²) in [6.45, 7) is 1.84. The Morgan fingerprint density at radius 1 is 1.11 bits per heavy atom. The highest BCUT2D eigenvalue weighted by Crippen LogP contribution is 2.28. The predicted molar refractivity (Wildman–Crippen MR) is 132 cm³/mol. The Kier molecular flexibility index (Phi) is 7.22. The van der Waals surface area contributed by atoms with E-state index in [9.17, 15) is 18.4 Å². The number of hydrogen-bond donors (Lipinski definition) is 0. The van der Waals surface area contributed by atoms with Crippen LogP contribution in [0.15, 0.2) is 82.7 Å². The molecular weight excluding hydrogens is 470 g/mol. The van der Waals surface area contributed by atoms with Crippen molar-refractivity contribution in [2.24, 2.45) is 0 Å². The summed E-state index contributed by atoms with van der Waals surface area (Å²) in [5.74, 6) is -2.00. The number of nitriles is 1. The van der Waals surface area contributed by atoms with Gasteiger partial charge in [-0.15, -0.1) is 0 Å². The van der Waals surface area contributed by atoms with Crippen LogP contribution in [0, 0.1) is 23.0 Å². The number of carbonyl (C=O) groups excluding carboxylic acids is 1. The Morgan fingerprint density at radius 3 is 2.54 bits per heavy atom. The molecule has 1 unspecified atom stereocenters. The zero-order chi connectivity index (χ0) is 24.9. The number of fused-ring (bicyclic) bond motifs is 1. The summed E-state index contributed by atoms with van der Waals surface area (Å²) in [6, 6.07) is 20.5. The van der Waals surface area contributed by atoms with Crippen LogP contribution in [0.2, 0.25) is 0 Å². The van der Waals surface area contributed by atoms with Gasteiger partial charge in [0.05, 0.1) is 34.3 Å². The molecule has 9 heteroatoms. The molecule has 4 aromatic rings. The van der Waals surface area contributed by atoms with Gasteiger partial charge in [-0.3, -0.25) is 14.2 Å². The van der Waals surface area contributed by atoms with Gasteiger partial charge in [0, 0.05) is 18.3 Å². The molecule has 0 spiro atoms. The minimum atomic E-state index is -0.926. The lowest BCUT2D eigenvalue weighted by Crippen LogP contribution is -2.37. The quantitative estimate of drug-likeness (QED) is 0.266. The maximum atomic E-state index is 14.7. The lowest BCUT2D eigenvalue weighted by atomic mass is 10.2. The second-order valence-electron chi connectivity index (χ2n) is 7.64. The van der Waals surface area contributed by atoms with Crippen molar-refractivity contribution in [3.8, 4) is 11.8 Å². The lowest BCUT2D eigenvalue weighted by Gasteiger charge is -2.25. The molecule has 0 fully saturated rings. The molecule has 1 heterocycles. The smallest absolute Gasteiger partial charge is 0.266 e. The third-order valence-corrected chi connectivity index (χ3v) is 6.35. The average molecular weight is 491 g/mol. The molecule has 0 bridgehead atoms. The number of thioether (sulfide) groups is 1. The monoisotopic (exact) mass is 490 g/mol. The van der Waals surface area contributed by atoms with Crippen LogP contribution in [0.1, 0.15) is 13.3 Å². The van der Waals surface area contributed by atoms with Crippen LogP contribution >= 0.6 is 11.8 Å². The third kappa shape index (κ3) is 5.08. The minimum absolute atomic E-state index is 0.0911. The van der Waals surface area contributed by atoms with E-state index in [1.807, 2.05) is 12.1 Å². The number of hydrogen-bond acceptors (Lipinski definition) is 5. The number of benzene rings is 3. The van der Waals surface area contributed by atoms with E-state index in [-0.39, 0.29) is 35.1 Å². The number of nitrogens with zero attached hydrogens (tertiary/aromatic N) is 4. The molecule has 6 nitrogen and oxygen atoms in total.